The summed E-state index contributed by atoms with van der Waals surface area (Å²) in [6.07, 6.45) is 3.21. The van der Waals surface area contributed by atoms with Gasteiger partial charge in [-0.2, -0.15) is 0 Å². The number of benzene rings is 1. The Bertz CT molecular complexity index is 2010. The van der Waals surface area contributed by atoms with Crippen molar-refractivity contribution < 1.29 is 48.0 Å². The lowest BCUT2D eigenvalue weighted by Crippen LogP contribution is -2.59. The summed E-state index contributed by atoms with van der Waals surface area (Å²) in [5, 5.41) is 18.6. The topological polar surface area (TPSA) is 225 Å². The molecule has 0 spiro atoms. The van der Waals surface area contributed by atoms with Gasteiger partial charge in [0.25, 0.3) is 0 Å². The number of cyclic esters (lactones) is 1. The molecule has 19 heteroatoms. The van der Waals surface area contributed by atoms with Gasteiger partial charge in [-0.25, -0.2) is 4.79 Å². The van der Waals surface area contributed by atoms with Gasteiger partial charge < -0.3 is 44.1 Å². The Morgan fingerprint density at radius 1 is 0.971 bits per heavy atom. The molecule has 1 aromatic carbocycles. The molecule has 69 heavy (non-hydrogen) atoms. The van der Waals surface area contributed by atoms with Gasteiger partial charge in [-0.15, -0.1) is 11.8 Å². The molecule has 2 bridgehead atoms. The lowest BCUT2D eigenvalue weighted by molar-refractivity contribution is -0.166. The number of fused-ring (bicyclic) bond motifs is 2. The number of thioether (sulfide) groups is 1. The van der Waals surface area contributed by atoms with E-state index in [1.54, 1.807) is 55.8 Å². The molecular weight excluding hydrogens is 905 g/mol. The number of azide groups is 1. The number of aliphatic imine (C=N–C) groups is 1. The minimum absolute atomic E-state index is 0.0216. The van der Waals surface area contributed by atoms with Gasteiger partial charge in [-0.3, -0.25) is 24.2 Å². The van der Waals surface area contributed by atoms with Crippen LogP contribution in [0.25, 0.3) is 10.4 Å². The number of rotatable bonds is 14. The minimum atomic E-state index is -1.09. The molecular formula is C50H78N8O10S. The summed E-state index contributed by atoms with van der Waals surface area (Å²) in [6.45, 7) is 19.4. The van der Waals surface area contributed by atoms with Crippen LogP contribution in [0.2, 0.25) is 0 Å². The molecule has 384 valence electrons. The highest BCUT2D eigenvalue weighted by molar-refractivity contribution is 8.14. The molecule has 10 atom stereocenters. The molecule has 18 nitrogen and oxygen atoms in total. The van der Waals surface area contributed by atoms with E-state index in [1.807, 2.05) is 60.6 Å². The fourth-order valence-electron chi connectivity index (χ4n) is 8.76. The van der Waals surface area contributed by atoms with E-state index in [2.05, 4.69) is 15.3 Å². The highest BCUT2D eigenvalue weighted by Crippen LogP contribution is 2.34. The zero-order valence-electron chi connectivity index (χ0n) is 42.7. The molecule has 0 aliphatic carbocycles. The van der Waals surface area contributed by atoms with E-state index >= 15 is 0 Å². The molecule has 0 saturated carbocycles. The molecule has 4 rings (SSSR count). The Morgan fingerprint density at radius 2 is 1.64 bits per heavy atom. The first-order chi connectivity index (χ1) is 32.7. The zero-order chi connectivity index (χ0) is 51.0. The van der Waals surface area contributed by atoms with Crippen LogP contribution in [0, 0.1) is 23.2 Å². The van der Waals surface area contributed by atoms with Gasteiger partial charge in [0.2, 0.25) is 23.6 Å². The van der Waals surface area contributed by atoms with E-state index in [1.165, 1.54) is 16.8 Å². The maximum atomic E-state index is 14.7. The van der Waals surface area contributed by atoms with Crippen LogP contribution in [0.5, 0.6) is 5.75 Å². The van der Waals surface area contributed by atoms with Crippen molar-refractivity contribution in [3.63, 3.8) is 0 Å². The van der Waals surface area contributed by atoms with E-state index in [0.717, 1.165) is 10.6 Å². The maximum Gasteiger partial charge on any atom is 0.329 e. The van der Waals surface area contributed by atoms with Crippen molar-refractivity contribution in [1.82, 2.24) is 20.0 Å². The molecule has 0 aromatic heterocycles. The summed E-state index contributed by atoms with van der Waals surface area (Å²) < 4.78 is 23.0. The number of amides is 4. The van der Waals surface area contributed by atoms with Crippen LogP contribution in [0.3, 0.4) is 0 Å². The molecule has 3 heterocycles. The quantitative estimate of drug-likeness (QED) is 0.0724. The normalized spacial score (nSPS) is 28.6. The van der Waals surface area contributed by atoms with Crippen molar-refractivity contribution in [2.45, 2.75) is 143 Å². The van der Waals surface area contributed by atoms with Crippen molar-refractivity contribution in [2.75, 3.05) is 66.0 Å². The zero-order valence-corrected chi connectivity index (χ0v) is 43.5. The molecule has 0 unspecified atom stereocenters. The summed E-state index contributed by atoms with van der Waals surface area (Å²) in [5.74, 6) is -1.70. The summed E-state index contributed by atoms with van der Waals surface area (Å²) in [7, 11) is 3.08. The largest absolute Gasteiger partial charge is 0.491 e. The lowest BCUT2D eigenvalue weighted by atomic mass is 9.81. The lowest BCUT2D eigenvalue weighted by Gasteiger charge is -2.39. The third kappa shape index (κ3) is 16.4. The van der Waals surface area contributed by atoms with Crippen LogP contribution in [-0.2, 0) is 44.6 Å². The number of carbonyl (C=O) groups is 5. The minimum Gasteiger partial charge on any atom is -0.491 e. The van der Waals surface area contributed by atoms with Crippen LogP contribution in [0.1, 0.15) is 100.0 Å². The molecule has 3 aliphatic rings. The van der Waals surface area contributed by atoms with Crippen molar-refractivity contribution in [3.8, 4) is 5.75 Å². The standard InChI is InChI=1S/C50H78N8O10S/c1-12-32(3)43-48(63)58-20-13-14-40(58)49(64)68-42(50(7,8)9)27-31(2)26-41(59)34(5)45-53-37(30-69-45)28-33(4)44(60)54-39(47(62)56(10)35(6)46(61)57(43)11)29-36-15-17-38(18-16-36)67-25-24-66-23-22-65-21-19-52-55-51/h15-18,28,31-32,34-35,37,39-43,59H,12-14,19-27,29-30H2,1-11H3,(H,54,60)/b33-28+/t31-,32-,34-,35-,37-,39-,40-,41-,42-,43-/m0/s1. The molecule has 3 aliphatic heterocycles. The number of hydrogen-bond donors (Lipinski definition) is 2. The Kier molecular flexibility index (Phi) is 22.3. The SMILES string of the molecule is CC[C@H](C)[C@H]1C(=O)N2CCC[C@H]2C(=O)O[C@H](C(C)(C)C)C[C@@H](C)C[C@H](O)[C@H](C)C2=N[C@@H](/C=C(\C)C(=O)N[C@@H](Cc3ccc(OCCOCCOCCN=[N+]=[N-])cc3)C(=O)N(C)[C@@H](C)C(=O)N1C)CS2. The highest BCUT2D eigenvalue weighted by Gasteiger charge is 2.45. The van der Waals surface area contributed by atoms with Gasteiger partial charge in [-0.05, 0) is 80.0 Å². The number of nitrogens with zero attached hydrogens (tertiary/aromatic N) is 7. The average Bonchev–Trinajstić information content (AvgIpc) is 4.01. The van der Waals surface area contributed by atoms with Crippen LogP contribution in [-0.4, -0.2) is 163 Å². The molecule has 2 N–H and O–H groups in total. The summed E-state index contributed by atoms with van der Waals surface area (Å²) in [6, 6.07) is 2.94. The van der Waals surface area contributed by atoms with E-state index in [4.69, 9.17) is 29.5 Å². The van der Waals surface area contributed by atoms with Gasteiger partial charge in [-0.1, -0.05) is 78.2 Å². The maximum absolute atomic E-state index is 14.7. The van der Waals surface area contributed by atoms with Crippen molar-refractivity contribution >= 4 is 46.4 Å². The van der Waals surface area contributed by atoms with Crippen molar-refractivity contribution in [3.05, 3.63) is 51.9 Å². The number of esters is 1. The van der Waals surface area contributed by atoms with E-state index in [-0.39, 0.29) is 49.3 Å². The predicted octanol–water partition coefficient (Wildman–Crippen LogP) is 5.99. The number of hydrogen-bond acceptors (Lipinski definition) is 13. The number of aliphatic hydroxyl groups excluding tert-OH is 1. The first-order valence-corrected chi connectivity index (χ1v) is 25.5. The Balaban J connectivity index is 1.62. The van der Waals surface area contributed by atoms with Gasteiger partial charge in [0, 0.05) is 55.8 Å². The summed E-state index contributed by atoms with van der Waals surface area (Å²) in [4.78, 5) is 83.8. The number of ether oxygens (including phenoxy) is 4. The molecule has 1 aromatic rings. The number of likely N-dealkylation sites (N-methyl/N-ethyl adjacent to an activating group) is 2. The Hall–Kier alpha value is -4.68. The number of carbonyl (C=O) groups excluding carboxylic acids is 5. The third-order valence-electron chi connectivity index (χ3n) is 13.5. The fourth-order valence-corrected chi connectivity index (χ4v) is 9.90. The van der Waals surface area contributed by atoms with E-state index in [9.17, 15) is 29.1 Å². The number of aliphatic hydroxyl groups is 1. The van der Waals surface area contributed by atoms with Gasteiger partial charge in [0.05, 0.1) is 43.6 Å². The average molecular weight is 983 g/mol. The van der Waals surface area contributed by atoms with Crippen molar-refractivity contribution in [1.29, 1.82) is 0 Å². The molecule has 0 radical (unpaired) electrons. The molecule has 1 saturated heterocycles. The first-order valence-electron chi connectivity index (χ1n) is 24.5. The van der Waals surface area contributed by atoms with E-state index in [0.29, 0.717) is 82.2 Å². The second kappa shape index (κ2) is 27.1. The first kappa shape index (κ1) is 56.9. The number of nitrogens with one attached hydrogen (secondary N) is 1. The summed E-state index contributed by atoms with van der Waals surface area (Å²) >= 11 is 1.54. The van der Waals surface area contributed by atoms with Crippen LogP contribution in [0.4, 0.5) is 0 Å². The Morgan fingerprint density at radius 3 is 2.29 bits per heavy atom. The van der Waals surface area contributed by atoms with Crippen molar-refractivity contribution in [2.24, 2.45) is 33.3 Å². The third-order valence-corrected chi connectivity index (χ3v) is 14.8. The summed E-state index contributed by atoms with van der Waals surface area (Å²) in [5.41, 5.74) is 9.01. The van der Waals surface area contributed by atoms with Gasteiger partial charge >= 0.3 is 5.97 Å². The molecule has 4 amide bonds. The predicted molar refractivity (Wildman–Crippen MR) is 267 cm³/mol. The van der Waals surface area contributed by atoms with Crippen LogP contribution < -0.4 is 10.1 Å². The second-order valence-electron chi connectivity index (χ2n) is 19.9. The fraction of sp³-hybridized carbons (Fsp3) is 0.720. The van der Waals surface area contributed by atoms with Gasteiger partial charge in [0.15, 0.2) is 0 Å². The van der Waals surface area contributed by atoms with Crippen LogP contribution >= 0.6 is 11.8 Å². The Labute approximate surface area is 413 Å². The smallest absolute Gasteiger partial charge is 0.329 e. The van der Waals surface area contributed by atoms with E-state index < -0.39 is 65.5 Å². The van der Waals surface area contributed by atoms with Crippen LogP contribution in [0.15, 0.2) is 46.0 Å². The van der Waals surface area contributed by atoms with Gasteiger partial charge in [0.1, 0.15) is 42.6 Å². The highest BCUT2D eigenvalue weighted by atomic mass is 32.2. The molecule has 1 fully saturated rings. The monoisotopic (exact) mass is 983 g/mol. The second-order valence-corrected chi connectivity index (χ2v) is 21.0.